The van der Waals surface area contributed by atoms with E-state index in [2.05, 4.69) is 10.6 Å². The quantitative estimate of drug-likeness (QED) is 0.720. The van der Waals surface area contributed by atoms with Gasteiger partial charge in [0.15, 0.2) is 0 Å². The third-order valence-electron chi connectivity index (χ3n) is 4.31. The maximum atomic E-state index is 13.4. The summed E-state index contributed by atoms with van der Waals surface area (Å²) in [5.41, 5.74) is -0.0225. The maximum absolute atomic E-state index is 13.4. The summed E-state index contributed by atoms with van der Waals surface area (Å²) in [5, 5.41) is 16.2. The third kappa shape index (κ3) is 6.53. The number of benzene rings is 1. The van der Waals surface area contributed by atoms with Crippen molar-refractivity contribution in [3.8, 4) is 5.75 Å². The number of phenolic OH excluding ortho intramolecular Hbond substituents is 1. The van der Waals surface area contributed by atoms with E-state index in [4.69, 9.17) is 4.74 Å². The van der Waals surface area contributed by atoms with Crippen molar-refractivity contribution in [2.24, 2.45) is 0 Å². The molecule has 2 atom stereocenters. The summed E-state index contributed by atoms with van der Waals surface area (Å²) >= 11 is 0. The van der Waals surface area contributed by atoms with E-state index >= 15 is 0 Å². The number of nitrogens with one attached hydrogen (secondary N) is 2. The number of carbonyl (C=O) groups is 1. The molecule has 2 unspecified atom stereocenters. The van der Waals surface area contributed by atoms with Crippen LogP contribution in [0.2, 0.25) is 0 Å². The number of halogens is 1. The average molecular weight is 352 g/mol. The summed E-state index contributed by atoms with van der Waals surface area (Å²) in [6.45, 7) is 5.85. The number of phenols is 1. The van der Waals surface area contributed by atoms with Crippen molar-refractivity contribution in [2.45, 2.75) is 77.1 Å². The minimum Gasteiger partial charge on any atom is -0.508 e. The van der Waals surface area contributed by atoms with Gasteiger partial charge in [0.2, 0.25) is 0 Å². The molecular formula is C19H29FN2O3. The molecule has 0 spiro atoms. The van der Waals surface area contributed by atoms with Crippen molar-refractivity contribution in [3.05, 3.63) is 29.6 Å². The number of ether oxygens (including phenoxy) is 1. The Morgan fingerprint density at radius 1 is 1.24 bits per heavy atom. The first kappa shape index (κ1) is 19.5. The summed E-state index contributed by atoms with van der Waals surface area (Å²) < 4.78 is 18.7. The van der Waals surface area contributed by atoms with Crippen LogP contribution < -0.4 is 10.6 Å². The zero-order valence-corrected chi connectivity index (χ0v) is 15.3. The summed E-state index contributed by atoms with van der Waals surface area (Å²) in [7, 11) is 0. The number of rotatable bonds is 4. The van der Waals surface area contributed by atoms with E-state index in [9.17, 15) is 14.3 Å². The van der Waals surface area contributed by atoms with Crippen molar-refractivity contribution in [1.29, 1.82) is 0 Å². The van der Waals surface area contributed by atoms with E-state index in [0.29, 0.717) is 12.1 Å². The zero-order valence-electron chi connectivity index (χ0n) is 15.3. The smallest absolute Gasteiger partial charge is 0.407 e. The summed E-state index contributed by atoms with van der Waals surface area (Å²) in [4.78, 5) is 12.1. The largest absolute Gasteiger partial charge is 0.508 e. The molecule has 0 heterocycles. The summed E-state index contributed by atoms with van der Waals surface area (Å²) in [6, 6.07) is 3.92. The van der Waals surface area contributed by atoms with Crippen LogP contribution in [0.3, 0.4) is 0 Å². The topological polar surface area (TPSA) is 70.6 Å². The molecule has 0 bridgehead atoms. The standard InChI is InChI=1S/C19H29FN2O3/c1-19(2,3)25-18(24)22-16-8-6-4-5-7-15(16)21-12-13-11-14(20)9-10-17(13)23/h9-11,15-16,21,23H,4-8,12H2,1-3H3,(H,22,24). The Morgan fingerprint density at radius 2 is 1.92 bits per heavy atom. The predicted octanol–water partition coefficient (Wildman–Crippen LogP) is 3.85. The molecule has 1 amide bonds. The SMILES string of the molecule is CC(C)(C)OC(=O)NC1CCCCCC1NCc1cc(F)ccc1O. The normalized spacial score (nSPS) is 21.4. The molecule has 0 saturated heterocycles. The van der Waals surface area contributed by atoms with Gasteiger partial charge in [-0.05, 0) is 51.8 Å². The van der Waals surface area contributed by atoms with Crippen LogP contribution in [0.4, 0.5) is 9.18 Å². The van der Waals surface area contributed by atoms with E-state index in [0.717, 1.165) is 32.1 Å². The van der Waals surface area contributed by atoms with Crippen molar-refractivity contribution in [1.82, 2.24) is 10.6 Å². The fourth-order valence-corrected chi connectivity index (χ4v) is 3.12. The molecule has 0 radical (unpaired) electrons. The molecular weight excluding hydrogens is 323 g/mol. The Morgan fingerprint density at radius 3 is 2.60 bits per heavy atom. The van der Waals surface area contributed by atoms with Crippen LogP contribution in [0.1, 0.15) is 58.4 Å². The molecule has 1 saturated carbocycles. The van der Waals surface area contributed by atoms with E-state index < -0.39 is 11.7 Å². The second-order valence-corrected chi connectivity index (χ2v) is 7.65. The van der Waals surface area contributed by atoms with Crippen molar-refractivity contribution >= 4 is 6.09 Å². The molecule has 25 heavy (non-hydrogen) atoms. The fraction of sp³-hybridized carbons (Fsp3) is 0.632. The average Bonchev–Trinajstić information content (AvgIpc) is 2.71. The second kappa shape index (κ2) is 8.52. The molecule has 1 aromatic rings. The Kier molecular flexibility index (Phi) is 6.64. The number of carbonyl (C=O) groups excluding carboxylic acids is 1. The highest BCUT2D eigenvalue weighted by Gasteiger charge is 2.27. The van der Waals surface area contributed by atoms with E-state index in [1.165, 1.54) is 18.2 Å². The van der Waals surface area contributed by atoms with Gasteiger partial charge < -0.3 is 20.5 Å². The maximum Gasteiger partial charge on any atom is 0.407 e. The van der Waals surface area contributed by atoms with Gasteiger partial charge in [-0.1, -0.05) is 19.3 Å². The van der Waals surface area contributed by atoms with Crippen molar-refractivity contribution in [3.63, 3.8) is 0 Å². The van der Waals surface area contributed by atoms with Crippen molar-refractivity contribution in [2.75, 3.05) is 0 Å². The van der Waals surface area contributed by atoms with E-state index in [1.807, 2.05) is 20.8 Å². The Bertz CT molecular complexity index is 587. The van der Waals surface area contributed by atoms with Gasteiger partial charge >= 0.3 is 6.09 Å². The van der Waals surface area contributed by atoms with Gasteiger partial charge in [-0.25, -0.2) is 9.18 Å². The highest BCUT2D eigenvalue weighted by atomic mass is 19.1. The van der Waals surface area contributed by atoms with E-state index in [-0.39, 0.29) is 23.7 Å². The first-order chi connectivity index (χ1) is 11.7. The molecule has 5 nitrogen and oxygen atoms in total. The van der Waals surface area contributed by atoms with Crippen LogP contribution in [0.15, 0.2) is 18.2 Å². The van der Waals surface area contributed by atoms with Crippen LogP contribution >= 0.6 is 0 Å². The zero-order chi connectivity index (χ0) is 18.4. The summed E-state index contributed by atoms with van der Waals surface area (Å²) in [6.07, 6.45) is 4.60. The molecule has 0 aromatic heterocycles. The van der Waals surface area contributed by atoms with Crippen molar-refractivity contribution < 1.29 is 19.0 Å². The van der Waals surface area contributed by atoms with Gasteiger partial charge in [0.05, 0.1) is 0 Å². The first-order valence-corrected chi connectivity index (χ1v) is 8.95. The lowest BCUT2D eigenvalue weighted by Crippen LogP contribution is -2.50. The molecule has 1 fully saturated rings. The first-order valence-electron chi connectivity index (χ1n) is 8.95. The lowest BCUT2D eigenvalue weighted by atomic mass is 10.0. The highest BCUT2D eigenvalue weighted by molar-refractivity contribution is 5.68. The van der Waals surface area contributed by atoms with Crippen LogP contribution in [0.5, 0.6) is 5.75 Å². The highest BCUT2D eigenvalue weighted by Crippen LogP contribution is 2.22. The molecule has 2 rings (SSSR count). The predicted molar refractivity (Wildman–Crippen MR) is 94.9 cm³/mol. The molecule has 1 aliphatic carbocycles. The molecule has 1 aromatic carbocycles. The molecule has 6 heteroatoms. The minimum atomic E-state index is -0.537. The number of alkyl carbamates (subject to hydrolysis) is 1. The lowest BCUT2D eigenvalue weighted by Gasteiger charge is -2.29. The molecule has 0 aliphatic heterocycles. The monoisotopic (exact) mass is 352 g/mol. The van der Waals surface area contributed by atoms with Gasteiger partial charge in [-0.3, -0.25) is 0 Å². The Labute approximate surface area is 149 Å². The molecule has 1 aliphatic rings. The van der Waals surface area contributed by atoms with Gasteiger partial charge in [0.1, 0.15) is 17.2 Å². The van der Waals surface area contributed by atoms with Crippen LogP contribution in [-0.2, 0) is 11.3 Å². The Balaban J connectivity index is 1.99. The fourth-order valence-electron chi connectivity index (χ4n) is 3.12. The van der Waals surface area contributed by atoms with Gasteiger partial charge in [-0.15, -0.1) is 0 Å². The number of amides is 1. The van der Waals surface area contributed by atoms with Crippen LogP contribution in [0, 0.1) is 5.82 Å². The van der Waals surface area contributed by atoms with Gasteiger partial charge in [0.25, 0.3) is 0 Å². The minimum absolute atomic E-state index is 0.0481. The lowest BCUT2D eigenvalue weighted by molar-refractivity contribution is 0.0489. The van der Waals surface area contributed by atoms with Gasteiger partial charge in [-0.2, -0.15) is 0 Å². The molecule has 3 N–H and O–H groups in total. The number of hydrogen-bond donors (Lipinski definition) is 3. The second-order valence-electron chi connectivity index (χ2n) is 7.65. The molecule has 140 valence electrons. The third-order valence-corrected chi connectivity index (χ3v) is 4.31. The number of hydrogen-bond acceptors (Lipinski definition) is 4. The Hall–Kier alpha value is -1.82. The van der Waals surface area contributed by atoms with E-state index in [1.54, 1.807) is 0 Å². The van der Waals surface area contributed by atoms with Crippen LogP contribution in [0.25, 0.3) is 0 Å². The number of aromatic hydroxyl groups is 1. The van der Waals surface area contributed by atoms with Gasteiger partial charge in [0, 0.05) is 24.2 Å². The summed E-state index contributed by atoms with van der Waals surface area (Å²) in [5.74, 6) is -0.307. The van der Waals surface area contributed by atoms with Crippen LogP contribution in [-0.4, -0.2) is 28.9 Å².